The lowest BCUT2D eigenvalue weighted by Crippen LogP contribution is -2.52. The van der Waals surface area contributed by atoms with Crippen molar-refractivity contribution in [1.82, 2.24) is 10.3 Å². The summed E-state index contributed by atoms with van der Waals surface area (Å²) in [6.45, 7) is 7.77. The summed E-state index contributed by atoms with van der Waals surface area (Å²) in [5.41, 5.74) is -0.121. The number of halogens is 1. The molecule has 4 nitrogen and oxygen atoms in total. The molecule has 106 valence electrons. The summed E-state index contributed by atoms with van der Waals surface area (Å²) in [7, 11) is 0. The van der Waals surface area contributed by atoms with Crippen LogP contribution in [0.1, 0.15) is 27.2 Å². The number of nitrogens with one attached hydrogen (secondary N) is 1. The normalized spacial score (nSPS) is 23.6. The van der Waals surface area contributed by atoms with Crippen molar-refractivity contribution in [3.63, 3.8) is 0 Å². The summed E-state index contributed by atoms with van der Waals surface area (Å²) in [5.74, 6) is 0.632. The van der Waals surface area contributed by atoms with Gasteiger partial charge in [0.25, 0.3) is 0 Å². The van der Waals surface area contributed by atoms with E-state index in [2.05, 4.69) is 47.0 Å². The zero-order valence-electron chi connectivity index (χ0n) is 11.6. The summed E-state index contributed by atoms with van der Waals surface area (Å²) in [5, 5.41) is 3.60. The molecule has 0 aliphatic carbocycles. The lowest BCUT2D eigenvalue weighted by atomic mass is 10.0. The first-order valence-corrected chi connectivity index (χ1v) is 7.40. The molecule has 1 aliphatic rings. The number of hydrogen-bond acceptors (Lipinski definition) is 4. The Morgan fingerprint density at radius 1 is 1.58 bits per heavy atom. The van der Waals surface area contributed by atoms with E-state index in [9.17, 15) is 0 Å². The van der Waals surface area contributed by atoms with E-state index in [1.165, 1.54) is 0 Å². The summed E-state index contributed by atoms with van der Waals surface area (Å²) in [6, 6.07) is 4.19. The van der Waals surface area contributed by atoms with E-state index in [1.54, 1.807) is 6.20 Å². The fourth-order valence-corrected chi connectivity index (χ4v) is 2.56. The Morgan fingerprint density at radius 2 is 2.37 bits per heavy atom. The summed E-state index contributed by atoms with van der Waals surface area (Å²) in [4.78, 5) is 4.21. The van der Waals surface area contributed by atoms with E-state index < -0.39 is 0 Å². The monoisotopic (exact) mass is 328 g/mol. The smallest absolute Gasteiger partial charge is 0.227 e. The van der Waals surface area contributed by atoms with Crippen LogP contribution in [0.2, 0.25) is 0 Å². The molecule has 2 heterocycles. The molecule has 1 N–H and O–H groups in total. The second kappa shape index (κ2) is 6.20. The highest BCUT2D eigenvalue weighted by molar-refractivity contribution is 9.10. The third-order valence-corrected chi connectivity index (χ3v) is 3.85. The molecule has 0 saturated carbocycles. The maximum atomic E-state index is 5.79. The van der Waals surface area contributed by atoms with Crippen molar-refractivity contribution >= 4 is 15.9 Å². The van der Waals surface area contributed by atoms with Gasteiger partial charge in [0, 0.05) is 24.4 Å². The number of hydrogen-bond donors (Lipinski definition) is 1. The largest absolute Gasteiger partial charge is 0.475 e. The molecule has 2 rings (SSSR count). The Labute approximate surface area is 123 Å². The molecule has 19 heavy (non-hydrogen) atoms. The van der Waals surface area contributed by atoms with Crippen LogP contribution in [-0.4, -0.2) is 35.9 Å². The topological polar surface area (TPSA) is 43.4 Å². The van der Waals surface area contributed by atoms with E-state index in [0.29, 0.717) is 18.5 Å². The van der Waals surface area contributed by atoms with Gasteiger partial charge in [-0.3, -0.25) is 0 Å². The van der Waals surface area contributed by atoms with Crippen LogP contribution >= 0.6 is 15.9 Å². The van der Waals surface area contributed by atoms with Gasteiger partial charge in [-0.25, -0.2) is 4.98 Å². The van der Waals surface area contributed by atoms with Crippen LogP contribution in [-0.2, 0) is 4.74 Å². The number of aromatic nitrogens is 1. The third-order valence-electron chi connectivity index (χ3n) is 3.25. The fourth-order valence-electron chi connectivity index (χ4n) is 2.19. The lowest BCUT2D eigenvalue weighted by molar-refractivity contribution is 0.0998. The summed E-state index contributed by atoms with van der Waals surface area (Å²) in [6.07, 6.45) is 3.05. The third kappa shape index (κ3) is 4.16. The summed E-state index contributed by atoms with van der Waals surface area (Å²) < 4.78 is 12.2. The van der Waals surface area contributed by atoms with Crippen molar-refractivity contribution < 1.29 is 9.47 Å². The first-order chi connectivity index (χ1) is 8.98. The van der Waals surface area contributed by atoms with Crippen LogP contribution in [0, 0.1) is 0 Å². The molecule has 1 aliphatic heterocycles. The molecule has 1 aromatic heterocycles. The molecule has 0 unspecified atom stereocenters. The predicted octanol–water partition coefficient (Wildman–Crippen LogP) is 2.77. The van der Waals surface area contributed by atoms with Gasteiger partial charge in [0.05, 0.1) is 10.6 Å². The Kier molecular flexibility index (Phi) is 4.81. The molecule has 0 amide bonds. The highest BCUT2D eigenvalue weighted by atomic mass is 79.9. The van der Waals surface area contributed by atoms with Gasteiger partial charge in [-0.15, -0.1) is 0 Å². The van der Waals surface area contributed by atoms with Crippen LogP contribution < -0.4 is 10.1 Å². The van der Waals surface area contributed by atoms with Crippen LogP contribution in [0.25, 0.3) is 0 Å². The fraction of sp³-hybridized carbons (Fsp3) is 0.643. The zero-order chi connectivity index (χ0) is 13.9. The van der Waals surface area contributed by atoms with E-state index in [0.717, 1.165) is 17.5 Å². The number of ether oxygens (including phenoxy) is 2. The first kappa shape index (κ1) is 14.8. The van der Waals surface area contributed by atoms with Gasteiger partial charge in [-0.05, 0) is 55.3 Å². The van der Waals surface area contributed by atoms with Crippen LogP contribution in [0.3, 0.4) is 0 Å². The van der Waals surface area contributed by atoms with Crippen LogP contribution in [0.4, 0.5) is 0 Å². The van der Waals surface area contributed by atoms with E-state index >= 15 is 0 Å². The number of nitrogens with zero attached hydrogens (tertiary/aromatic N) is 1. The Balaban J connectivity index is 1.88. The number of rotatable bonds is 5. The Morgan fingerprint density at radius 3 is 3.00 bits per heavy atom. The van der Waals surface area contributed by atoms with Gasteiger partial charge in [0.15, 0.2) is 0 Å². The van der Waals surface area contributed by atoms with Gasteiger partial charge in [0.1, 0.15) is 6.61 Å². The zero-order valence-corrected chi connectivity index (χ0v) is 13.2. The molecule has 1 fully saturated rings. The molecule has 1 saturated heterocycles. The second-order valence-corrected chi connectivity index (χ2v) is 6.43. The molecule has 0 spiro atoms. The van der Waals surface area contributed by atoms with Gasteiger partial charge >= 0.3 is 0 Å². The van der Waals surface area contributed by atoms with E-state index in [1.807, 2.05) is 12.1 Å². The minimum absolute atomic E-state index is 0.121. The highest BCUT2D eigenvalue weighted by Gasteiger charge is 2.30. The minimum atomic E-state index is -0.121. The Hall–Kier alpha value is -0.650. The van der Waals surface area contributed by atoms with Gasteiger partial charge in [-0.1, -0.05) is 0 Å². The molecular formula is C14H21BrN2O2. The molecule has 5 heteroatoms. The van der Waals surface area contributed by atoms with Gasteiger partial charge in [-0.2, -0.15) is 0 Å². The van der Waals surface area contributed by atoms with Crippen molar-refractivity contribution in [2.24, 2.45) is 0 Å². The van der Waals surface area contributed by atoms with E-state index in [-0.39, 0.29) is 11.6 Å². The Bertz CT molecular complexity index is 426. The van der Waals surface area contributed by atoms with E-state index in [4.69, 9.17) is 9.47 Å². The SMILES string of the molecule is C[C@H]1OCC[C@@H]1NC(C)(C)COc1ncccc1Br. The van der Waals surface area contributed by atoms with Crippen molar-refractivity contribution in [2.75, 3.05) is 13.2 Å². The molecule has 0 bridgehead atoms. The maximum absolute atomic E-state index is 5.79. The van der Waals surface area contributed by atoms with Gasteiger partial charge < -0.3 is 14.8 Å². The van der Waals surface area contributed by atoms with Crippen LogP contribution in [0.5, 0.6) is 5.88 Å². The van der Waals surface area contributed by atoms with Gasteiger partial charge in [0.2, 0.25) is 5.88 Å². The van der Waals surface area contributed by atoms with Crippen LogP contribution in [0.15, 0.2) is 22.8 Å². The minimum Gasteiger partial charge on any atom is -0.475 e. The molecule has 2 atom stereocenters. The maximum Gasteiger partial charge on any atom is 0.227 e. The first-order valence-electron chi connectivity index (χ1n) is 6.60. The average Bonchev–Trinajstić information content (AvgIpc) is 2.73. The quantitative estimate of drug-likeness (QED) is 0.902. The molecule has 0 radical (unpaired) electrons. The number of pyridine rings is 1. The molecule has 1 aromatic rings. The average molecular weight is 329 g/mol. The van der Waals surface area contributed by atoms with Crippen molar-refractivity contribution in [2.45, 2.75) is 44.9 Å². The van der Waals surface area contributed by atoms with Crippen molar-refractivity contribution in [1.29, 1.82) is 0 Å². The van der Waals surface area contributed by atoms with Crippen molar-refractivity contribution in [3.05, 3.63) is 22.8 Å². The standard InChI is InChI=1S/C14H21BrN2O2/c1-10-12(6-8-18-10)17-14(2,3)9-19-13-11(15)5-4-7-16-13/h4-5,7,10,12,17H,6,8-9H2,1-3H3/t10-,12+/m1/s1. The lowest BCUT2D eigenvalue weighted by Gasteiger charge is -2.31. The predicted molar refractivity (Wildman–Crippen MR) is 78.5 cm³/mol. The summed E-state index contributed by atoms with van der Waals surface area (Å²) >= 11 is 3.43. The molecular weight excluding hydrogens is 308 g/mol. The highest BCUT2D eigenvalue weighted by Crippen LogP contribution is 2.22. The molecule has 0 aromatic carbocycles. The van der Waals surface area contributed by atoms with Crippen molar-refractivity contribution in [3.8, 4) is 5.88 Å². The second-order valence-electron chi connectivity index (χ2n) is 5.58.